The summed E-state index contributed by atoms with van der Waals surface area (Å²) in [5, 5.41) is 14.3. The first-order valence-electron chi connectivity index (χ1n) is 10.8. The third kappa shape index (κ3) is 4.39. The van der Waals surface area contributed by atoms with Gasteiger partial charge in [0, 0.05) is 28.2 Å². The SMILES string of the molecule is Cn1cnc2ccc(-c3cc(-c4ccccc4Br)n(Cc4ccc(C(=O)NO)cc4)n3)cc2c1=O. The van der Waals surface area contributed by atoms with Crippen LogP contribution in [0, 0.1) is 0 Å². The van der Waals surface area contributed by atoms with Crippen molar-refractivity contribution in [2.24, 2.45) is 7.05 Å². The van der Waals surface area contributed by atoms with Crippen molar-refractivity contribution in [2.75, 3.05) is 0 Å². The largest absolute Gasteiger partial charge is 0.302 e. The maximum atomic E-state index is 12.6. The molecule has 0 radical (unpaired) electrons. The standard InChI is InChI=1S/C26H20BrN5O3/c1-31-15-28-22-11-10-18(12-20(22)26(31)34)23-13-24(19-4-2-3-5-21(19)27)32(29-23)14-16-6-8-17(9-7-16)25(33)30-35/h2-13,15,35H,14H2,1H3,(H,30,33). The van der Waals surface area contributed by atoms with Crippen LogP contribution in [0.15, 0.2) is 88.4 Å². The molecule has 2 aromatic heterocycles. The lowest BCUT2D eigenvalue weighted by Gasteiger charge is -2.10. The van der Waals surface area contributed by atoms with E-state index in [0.717, 1.165) is 32.6 Å². The number of amides is 1. The first-order chi connectivity index (χ1) is 16.9. The first-order valence-corrected chi connectivity index (χ1v) is 11.6. The smallest absolute Gasteiger partial charge is 0.274 e. The molecule has 2 heterocycles. The zero-order chi connectivity index (χ0) is 24.5. The van der Waals surface area contributed by atoms with Gasteiger partial charge in [0.05, 0.1) is 35.2 Å². The van der Waals surface area contributed by atoms with Gasteiger partial charge in [0.15, 0.2) is 0 Å². The van der Waals surface area contributed by atoms with E-state index in [0.29, 0.717) is 23.0 Å². The number of carbonyl (C=O) groups is 1. The van der Waals surface area contributed by atoms with Crippen molar-refractivity contribution < 1.29 is 10.0 Å². The fraction of sp³-hybridized carbons (Fsp3) is 0.0769. The number of hydrogen-bond donors (Lipinski definition) is 2. The third-order valence-corrected chi connectivity index (χ3v) is 6.48. The van der Waals surface area contributed by atoms with Crippen molar-refractivity contribution >= 4 is 32.7 Å². The number of benzene rings is 3. The molecule has 0 unspecified atom stereocenters. The van der Waals surface area contributed by atoms with E-state index in [-0.39, 0.29) is 5.56 Å². The highest BCUT2D eigenvalue weighted by Gasteiger charge is 2.15. The predicted molar refractivity (Wildman–Crippen MR) is 136 cm³/mol. The summed E-state index contributed by atoms with van der Waals surface area (Å²) in [7, 11) is 1.68. The van der Waals surface area contributed by atoms with Crippen LogP contribution in [0.3, 0.4) is 0 Å². The van der Waals surface area contributed by atoms with Crippen molar-refractivity contribution in [3.8, 4) is 22.5 Å². The zero-order valence-corrected chi connectivity index (χ0v) is 20.2. The molecule has 0 saturated heterocycles. The number of nitrogens with zero attached hydrogens (tertiary/aromatic N) is 4. The molecular formula is C26H20BrN5O3. The molecule has 1 amide bonds. The molecule has 9 heteroatoms. The molecule has 0 aliphatic carbocycles. The number of nitrogens with one attached hydrogen (secondary N) is 1. The molecular weight excluding hydrogens is 510 g/mol. The van der Waals surface area contributed by atoms with Gasteiger partial charge in [-0.15, -0.1) is 0 Å². The summed E-state index contributed by atoms with van der Waals surface area (Å²) in [6.45, 7) is 0.453. The maximum Gasteiger partial charge on any atom is 0.274 e. The minimum Gasteiger partial charge on any atom is -0.302 e. The Hall–Kier alpha value is -4.08. The van der Waals surface area contributed by atoms with Gasteiger partial charge < -0.3 is 4.57 Å². The van der Waals surface area contributed by atoms with Gasteiger partial charge in [0.25, 0.3) is 11.5 Å². The zero-order valence-electron chi connectivity index (χ0n) is 18.6. The Morgan fingerprint density at radius 1 is 1.06 bits per heavy atom. The van der Waals surface area contributed by atoms with Gasteiger partial charge in [-0.3, -0.25) is 19.5 Å². The fourth-order valence-electron chi connectivity index (χ4n) is 3.93. The topological polar surface area (TPSA) is 102 Å². The Bertz CT molecular complexity index is 1620. The molecule has 174 valence electrons. The summed E-state index contributed by atoms with van der Waals surface area (Å²) in [5.74, 6) is -0.566. The highest BCUT2D eigenvalue weighted by Crippen LogP contribution is 2.32. The quantitative estimate of drug-likeness (QED) is 0.259. The van der Waals surface area contributed by atoms with E-state index in [4.69, 9.17) is 10.3 Å². The van der Waals surface area contributed by atoms with Crippen LogP contribution < -0.4 is 11.0 Å². The summed E-state index contributed by atoms with van der Waals surface area (Å²) >= 11 is 3.64. The van der Waals surface area contributed by atoms with Crippen molar-refractivity contribution in [1.82, 2.24) is 24.8 Å². The summed E-state index contributed by atoms with van der Waals surface area (Å²) in [6, 6.07) is 22.4. The van der Waals surface area contributed by atoms with Crippen LogP contribution in [-0.4, -0.2) is 30.4 Å². The number of hydrogen-bond acceptors (Lipinski definition) is 5. The average Bonchev–Trinajstić information content (AvgIpc) is 3.29. The molecule has 0 fully saturated rings. The van der Waals surface area contributed by atoms with Gasteiger partial charge in [0.2, 0.25) is 0 Å². The van der Waals surface area contributed by atoms with Crippen LogP contribution in [0.4, 0.5) is 0 Å². The number of rotatable bonds is 5. The summed E-state index contributed by atoms with van der Waals surface area (Å²) in [6.07, 6.45) is 1.51. The van der Waals surface area contributed by atoms with Gasteiger partial charge in [-0.25, -0.2) is 10.5 Å². The van der Waals surface area contributed by atoms with Crippen LogP contribution in [0.1, 0.15) is 15.9 Å². The number of fused-ring (bicyclic) bond motifs is 1. The normalized spacial score (nSPS) is 11.1. The molecule has 35 heavy (non-hydrogen) atoms. The van der Waals surface area contributed by atoms with E-state index >= 15 is 0 Å². The predicted octanol–water partition coefficient (Wildman–Crippen LogP) is 4.39. The number of carbonyl (C=O) groups excluding carboxylic acids is 1. The molecule has 8 nitrogen and oxygen atoms in total. The van der Waals surface area contributed by atoms with E-state index < -0.39 is 5.91 Å². The van der Waals surface area contributed by atoms with Gasteiger partial charge in [-0.1, -0.05) is 52.3 Å². The Balaban J connectivity index is 1.60. The number of halogens is 1. The van der Waals surface area contributed by atoms with Crippen LogP contribution in [0.25, 0.3) is 33.4 Å². The lowest BCUT2D eigenvalue weighted by molar-refractivity contribution is 0.0706. The molecule has 0 saturated carbocycles. The highest BCUT2D eigenvalue weighted by atomic mass is 79.9. The van der Waals surface area contributed by atoms with Crippen molar-refractivity contribution in [1.29, 1.82) is 0 Å². The minimum absolute atomic E-state index is 0.116. The highest BCUT2D eigenvalue weighted by molar-refractivity contribution is 9.10. The van der Waals surface area contributed by atoms with Gasteiger partial charge in [0.1, 0.15) is 0 Å². The third-order valence-electron chi connectivity index (χ3n) is 5.79. The second kappa shape index (κ2) is 9.28. The van der Waals surface area contributed by atoms with Crippen molar-refractivity contribution in [3.05, 3.63) is 105 Å². The van der Waals surface area contributed by atoms with Crippen molar-refractivity contribution in [3.63, 3.8) is 0 Å². The molecule has 0 aliphatic heterocycles. The van der Waals surface area contributed by atoms with Crippen LogP contribution in [0.5, 0.6) is 0 Å². The molecule has 2 N–H and O–H groups in total. The first kappa shape index (κ1) is 22.7. The summed E-state index contributed by atoms with van der Waals surface area (Å²) in [5.41, 5.74) is 6.84. The lowest BCUT2D eigenvalue weighted by Crippen LogP contribution is -2.18. The van der Waals surface area contributed by atoms with E-state index in [9.17, 15) is 9.59 Å². The number of aryl methyl sites for hydroxylation is 1. The Labute approximate surface area is 208 Å². The molecule has 0 spiro atoms. The minimum atomic E-state index is -0.566. The average molecular weight is 530 g/mol. The number of aromatic nitrogens is 4. The Morgan fingerprint density at radius 3 is 2.57 bits per heavy atom. The van der Waals surface area contributed by atoms with E-state index in [1.807, 2.05) is 65.3 Å². The summed E-state index contributed by atoms with van der Waals surface area (Å²) < 4.78 is 4.28. The second-order valence-electron chi connectivity index (χ2n) is 8.08. The summed E-state index contributed by atoms with van der Waals surface area (Å²) in [4.78, 5) is 28.6. The molecule has 0 bridgehead atoms. The molecule has 0 atom stereocenters. The van der Waals surface area contributed by atoms with Gasteiger partial charge in [-0.05, 0) is 42.0 Å². The maximum absolute atomic E-state index is 12.6. The van der Waals surface area contributed by atoms with Crippen molar-refractivity contribution in [2.45, 2.75) is 6.54 Å². The fourth-order valence-corrected chi connectivity index (χ4v) is 4.42. The number of hydroxylamine groups is 1. The molecule has 0 aliphatic rings. The molecule has 3 aromatic carbocycles. The Morgan fingerprint density at radius 2 is 1.83 bits per heavy atom. The van der Waals surface area contributed by atoms with E-state index in [2.05, 4.69) is 20.9 Å². The van der Waals surface area contributed by atoms with E-state index in [1.165, 1.54) is 10.9 Å². The second-order valence-corrected chi connectivity index (χ2v) is 8.94. The van der Waals surface area contributed by atoms with Gasteiger partial charge >= 0.3 is 0 Å². The molecule has 5 aromatic rings. The monoisotopic (exact) mass is 529 g/mol. The van der Waals surface area contributed by atoms with Crippen LogP contribution in [-0.2, 0) is 13.6 Å². The van der Waals surface area contributed by atoms with Crippen LogP contribution >= 0.6 is 15.9 Å². The Kier molecular flexibility index (Phi) is 6.02. The van der Waals surface area contributed by atoms with Gasteiger partial charge in [-0.2, -0.15) is 5.10 Å². The molecule has 5 rings (SSSR count). The van der Waals surface area contributed by atoms with Crippen LogP contribution in [0.2, 0.25) is 0 Å². The van der Waals surface area contributed by atoms with E-state index in [1.54, 1.807) is 24.7 Å². The lowest BCUT2D eigenvalue weighted by atomic mass is 10.1.